The predicted molar refractivity (Wildman–Crippen MR) is 83.5 cm³/mol. The number of hydrogen-bond acceptors (Lipinski definition) is 0. The van der Waals surface area contributed by atoms with E-state index in [2.05, 4.69) is 16.0 Å². The van der Waals surface area contributed by atoms with Crippen LogP contribution in [0.15, 0.2) is 0 Å². The molecule has 0 aliphatic rings. The molecule has 0 rings (SSSR count). The number of nitrogens with zero attached hydrogens (tertiary/aromatic N) is 3. The van der Waals surface area contributed by atoms with Gasteiger partial charge in [0.1, 0.15) is 0 Å². The second-order valence-electron chi connectivity index (χ2n) is 4.15. The first kappa shape index (κ1) is 31.1. The van der Waals surface area contributed by atoms with E-state index in [0.717, 1.165) is 19.6 Å². The van der Waals surface area contributed by atoms with Crippen LogP contribution in [0.3, 0.4) is 0 Å². The maximum absolute atomic E-state index is 6.94. The molecule has 115 valence electrons. The number of rotatable bonds is 3. The fourth-order valence-corrected chi connectivity index (χ4v) is 0. The monoisotopic (exact) mass is 427 g/mol. The van der Waals surface area contributed by atoms with Gasteiger partial charge in [-0.25, -0.2) is 0 Å². The molecule has 0 aromatic rings. The Labute approximate surface area is 132 Å². The Kier molecular flexibility index (Phi) is 52.8. The van der Waals surface area contributed by atoms with Crippen molar-refractivity contribution < 1.29 is 22.4 Å². The van der Waals surface area contributed by atoms with Gasteiger partial charge in [-0.1, -0.05) is 41.5 Å². The second kappa shape index (κ2) is 30.5. The van der Waals surface area contributed by atoms with E-state index in [1.807, 2.05) is 41.5 Å². The Morgan fingerprint density at radius 3 is 0.778 bits per heavy atom. The molecule has 0 aromatic heterocycles. The van der Waals surface area contributed by atoms with Crippen molar-refractivity contribution in [2.24, 2.45) is 0 Å². The van der Waals surface area contributed by atoms with Gasteiger partial charge in [0.2, 0.25) is 0 Å². The van der Waals surface area contributed by atoms with Crippen molar-refractivity contribution in [2.75, 3.05) is 40.8 Å². The SMILES string of the molecule is CC(C)(C)[NH-].CC[N-]C.CC[N-]C.CC[N-]C.[Ta]. The van der Waals surface area contributed by atoms with Crippen LogP contribution in [0.5, 0.6) is 0 Å². The minimum absolute atomic E-state index is 0. The summed E-state index contributed by atoms with van der Waals surface area (Å²) < 4.78 is 0. The topological polar surface area (TPSA) is 66.1 Å². The van der Waals surface area contributed by atoms with Gasteiger partial charge in [0.25, 0.3) is 0 Å². The van der Waals surface area contributed by atoms with E-state index in [1.54, 1.807) is 21.1 Å². The maximum atomic E-state index is 6.94. The van der Waals surface area contributed by atoms with Crippen molar-refractivity contribution in [1.29, 1.82) is 0 Å². The molecule has 0 spiro atoms. The zero-order valence-corrected chi connectivity index (χ0v) is 17.1. The molecule has 0 aliphatic heterocycles. The first-order chi connectivity index (χ1) is 7.74. The summed E-state index contributed by atoms with van der Waals surface area (Å²) in [6, 6.07) is 0. The molecule has 0 saturated heterocycles. The van der Waals surface area contributed by atoms with Crippen molar-refractivity contribution in [3.63, 3.8) is 0 Å². The average Bonchev–Trinajstić information content (AvgIpc) is 2.27. The molecule has 0 unspecified atom stereocenters. The predicted octanol–water partition coefficient (Wildman–Crippen LogP) is 4.86. The van der Waals surface area contributed by atoms with Crippen molar-refractivity contribution in [3.05, 3.63) is 21.7 Å². The third-order valence-corrected chi connectivity index (χ3v) is 0.949. The van der Waals surface area contributed by atoms with Crippen LogP contribution in [0, 0.1) is 0 Å². The number of nitrogens with one attached hydrogen (secondary N) is 1. The summed E-state index contributed by atoms with van der Waals surface area (Å²) >= 11 is 0. The van der Waals surface area contributed by atoms with Crippen LogP contribution < -0.4 is 0 Å². The van der Waals surface area contributed by atoms with Crippen LogP contribution in [0.4, 0.5) is 0 Å². The largest absolute Gasteiger partial charge is 0.673 e. The first-order valence-corrected chi connectivity index (χ1v) is 6.16. The summed E-state index contributed by atoms with van der Waals surface area (Å²) in [4.78, 5) is 0. The standard InChI is InChI=1S/C4H10N.3C3H8N.Ta/c1-4(2,3)5;3*1-3-4-2;/h5H,1-3H3;3*3H2,1-2H3;/q4*-1;. The van der Waals surface area contributed by atoms with E-state index in [9.17, 15) is 0 Å². The van der Waals surface area contributed by atoms with Gasteiger partial charge in [0, 0.05) is 22.4 Å². The third-order valence-electron chi connectivity index (χ3n) is 0.949. The molecule has 0 atom stereocenters. The van der Waals surface area contributed by atoms with Gasteiger partial charge in [-0.2, -0.15) is 40.8 Å². The summed E-state index contributed by atoms with van der Waals surface area (Å²) in [5, 5.41) is 11.2. The zero-order chi connectivity index (χ0) is 14.7. The smallest absolute Gasteiger partial charge is 0 e. The van der Waals surface area contributed by atoms with Crippen LogP contribution in [0.2, 0.25) is 0 Å². The van der Waals surface area contributed by atoms with E-state index in [4.69, 9.17) is 5.73 Å². The fourth-order valence-electron chi connectivity index (χ4n) is 0. The molecule has 0 aliphatic carbocycles. The molecule has 1 N–H and O–H groups in total. The summed E-state index contributed by atoms with van der Waals surface area (Å²) in [5.74, 6) is 0. The minimum Gasteiger partial charge on any atom is -0.673 e. The van der Waals surface area contributed by atoms with Crippen LogP contribution >= 0.6 is 0 Å². The van der Waals surface area contributed by atoms with Crippen molar-refractivity contribution >= 4 is 0 Å². The van der Waals surface area contributed by atoms with Crippen LogP contribution in [-0.2, 0) is 22.4 Å². The minimum atomic E-state index is -0.250. The molecule has 4 nitrogen and oxygen atoms in total. The van der Waals surface area contributed by atoms with Crippen molar-refractivity contribution in [1.82, 2.24) is 0 Å². The summed E-state index contributed by atoms with van der Waals surface area (Å²) in [6.45, 7) is 14.4. The molecule has 0 heterocycles. The molecule has 18 heavy (non-hydrogen) atoms. The average molecular weight is 427 g/mol. The van der Waals surface area contributed by atoms with Gasteiger partial charge in [0.15, 0.2) is 0 Å². The zero-order valence-electron chi connectivity index (χ0n) is 13.9. The Balaban J connectivity index is -0.0000000412. The Bertz CT molecular complexity index is 74.0. The first-order valence-electron chi connectivity index (χ1n) is 6.16. The molecular weight excluding hydrogens is 393 g/mol. The van der Waals surface area contributed by atoms with E-state index in [-0.39, 0.29) is 27.9 Å². The maximum Gasteiger partial charge on any atom is 0 e. The van der Waals surface area contributed by atoms with E-state index in [0.29, 0.717) is 0 Å². The summed E-state index contributed by atoms with van der Waals surface area (Å²) in [6.07, 6.45) is 0. The summed E-state index contributed by atoms with van der Waals surface area (Å²) in [5.41, 5.74) is 6.69. The Morgan fingerprint density at radius 2 is 0.778 bits per heavy atom. The molecule has 0 aromatic carbocycles. The van der Waals surface area contributed by atoms with Crippen LogP contribution in [0.1, 0.15) is 41.5 Å². The van der Waals surface area contributed by atoms with Gasteiger partial charge < -0.3 is 21.7 Å². The van der Waals surface area contributed by atoms with Gasteiger partial charge in [-0.05, 0) is 0 Å². The van der Waals surface area contributed by atoms with E-state index >= 15 is 0 Å². The molecule has 0 saturated carbocycles. The van der Waals surface area contributed by atoms with Crippen molar-refractivity contribution in [2.45, 2.75) is 47.1 Å². The van der Waals surface area contributed by atoms with Crippen LogP contribution in [0.25, 0.3) is 21.7 Å². The molecular formula is C13H34N4Ta-4. The van der Waals surface area contributed by atoms with Crippen molar-refractivity contribution in [3.8, 4) is 0 Å². The van der Waals surface area contributed by atoms with E-state index < -0.39 is 0 Å². The fraction of sp³-hybridized carbons (Fsp3) is 1.00. The summed E-state index contributed by atoms with van der Waals surface area (Å²) in [7, 11) is 5.42. The Morgan fingerprint density at radius 1 is 0.722 bits per heavy atom. The second-order valence-corrected chi connectivity index (χ2v) is 4.15. The normalized spacial score (nSPS) is 8.33. The molecule has 0 amide bonds. The molecule has 0 bridgehead atoms. The van der Waals surface area contributed by atoms with Gasteiger partial charge in [0.05, 0.1) is 0 Å². The molecule has 0 fully saturated rings. The van der Waals surface area contributed by atoms with E-state index in [1.165, 1.54) is 0 Å². The quantitative estimate of drug-likeness (QED) is 0.617. The van der Waals surface area contributed by atoms with Gasteiger partial charge in [-0.3, -0.25) is 0 Å². The van der Waals surface area contributed by atoms with Crippen LogP contribution in [-0.4, -0.2) is 46.3 Å². The molecule has 5 heteroatoms. The third kappa shape index (κ3) is 314. The van der Waals surface area contributed by atoms with Gasteiger partial charge >= 0.3 is 0 Å². The molecule has 1 radical (unpaired) electrons. The Hall–Kier alpha value is 0.580. The number of hydrogen-bond donors (Lipinski definition) is 0. The van der Waals surface area contributed by atoms with Gasteiger partial charge in [-0.15, -0.1) is 5.54 Å².